The first-order chi connectivity index (χ1) is 6.68. The number of carbonyl (C=O) groups excluding carboxylic acids is 1. The van der Waals surface area contributed by atoms with Gasteiger partial charge in [-0.2, -0.15) is 9.78 Å². The molecule has 0 saturated carbocycles. The van der Waals surface area contributed by atoms with Crippen LogP contribution in [0.2, 0.25) is 0 Å². The minimum atomic E-state index is -0.472. The summed E-state index contributed by atoms with van der Waals surface area (Å²) in [6.45, 7) is 1.70. The van der Waals surface area contributed by atoms with Crippen LogP contribution in [0, 0.1) is 6.92 Å². The first-order valence-corrected chi connectivity index (χ1v) is 3.95. The van der Waals surface area contributed by atoms with E-state index < -0.39 is 5.91 Å². The van der Waals surface area contributed by atoms with Gasteiger partial charge in [-0.1, -0.05) is 0 Å². The molecule has 6 heteroatoms. The minimum absolute atomic E-state index is 0.0158. The molecule has 0 aliphatic heterocycles. The van der Waals surface area contributed by atoms with E-state index in [1.807, 2.05) is 0 Å². The molecule has 0 aliphatic rings. The van der Waals surface area contributed by atoms with E-state index in [2.05, 4.69) is 10.1 Å². The van der Waals surface area contributed by atoms with Crippen molar-refractivity contribution >= 4 is 11.7 Å². The number of aryl methyl sites for hydroxylation is 1. The van der Waals surface area contributed by atoms with E-state index in [-0.39, 0.29) is 11.7 Å². The summed E-state index contributed by atoms with van der Waals surface area (Å²) >= 11 is 0. The molecule has 0 unspecified atom stereocenters. The Hall–Kier alpha value is -2.11. The average Bonchev–Trinajstić information content (AvgIpc) is 2.73. The number of hydrogen-bond acceptors (Lipinski definition) is 5. The number of nitrogen functional groups attached to an aromatic ring is 1. The molecule has 0 spiro atoms. The van der Waals surface area contributed by atoms with Crippen molar-refractivity contribution in [1.82, 2.24) is 14.8 Å². The maximum absolute atomic E-state index is 11.6. The standard InChI is InChI=1S/C8H8N4O2/c1-5-4-10-7(14-5)8(13)12-6(9)2-3-11-12/h2-4H,9H2,1H3. The molecule has 0 aromatic carbocycles. The normalized spacial score (nSPS) is 10.4. The summed E-state index contributed by atoms with van der Waals surface area (Å²) in [4.78, 5) is 15.4. The van der Waals surface area contributed by atoms with Crippen LogP contribution in [0.4, 0.5) is 5.82 Å². The molecule has 0 saturated heterocycles. The van der Waals surface area contributed by atoms with Crippen molar-refractivity contribution in [3.8, 4) is 0 Å². The van der Waals surface area contributed by atoms with Crippen molar-refractivity contribution in [2.75, 3.05) is 5.73 Å². The highest BCUT2D eigenvalue weighted by atomic mass is 16.4. The fourth-order valence-corrected chi connectivity index (χ4v) is 1.03. The van der Waals surface area contributed by atoms with E-state index in [0.717, 1.165) is 4.68 Å². The fourth-order valence-electron chi connectivity index (χ4n) is 1.03. The lowest BCUT2D eigenvalue weighted by Gasteiger charge is -1.97. The monoisotopic (exact) mass is 192 g/mol. The second-order valence-corrected chi connectivity index (χ2v) is 2.75. The summed E-state index contributed by atoms with van der Waals surface area (Å²) in [7, 11) is 0. The number of aromatic nitrogens is 3. The van der Waals surface area contributed by atoms with Gasteiger partial charge in [-0.25, -0.2) is 4.98 Å². The number of anilines is 1. The SMILES string of the molecule is Cc1cnc(C(=O)n2nccc2N)o1. The molecule has 72 valence electrons. The van der Waals surface area contributed by atoms with Gasteiger partial charge >= 0.3 is 5.91 Å². The third kappa shape index (κ3) is 1.26. The lowest BCUT2D eigenvalue weighted by molar-refractivity contribution is 0.0912. The smallest absolute Gasteiger partial charge is 0.335 e. The quantitative estimate of drug-likeness (QED) is 0.708. The molecular weight excluding hydrogens is 184 g/mol. The fraction of sp³-hybridized carbons (Fsp3) is 0.125. The van der Waals surface area contributed by atoms with Gasteiger partial charge in [0.15, 0.2) is 0 Å². The second kappa shape index (κ2) is 2.99. The Morgan fingerprint density at radius 2 is 2.43 bits per heavy atom. The van der Waals surface area contributed by atoms with Crippen LogP contribution in [-0.4, -0.2) is 20.7 Å². The van der Waals surface area contributed by atoms with E-state index in [0.29, 0.717) is 5.76 Å². The number of nitrogens with two attached hydrogens (primary N) is 1. The maximum Gasteiger partial charge on any atom is 0.335 e. The lowest BCUT2D eigenvalue weighted by Crippen LogP contribution is -2.16. The molecule has 0 aliphatic carbocycles. The molecule has 0 bridgehead atoms. The van der Waals surface area contributed by atoms with Gasteiger partial charge in [-0.05, 0) is 6.92 Å². The van der Waals surface area contributed by atoms with Crippen LogP contribution in [0.3, 0.4) is 0 Å². The highest BCUT2D eigenvalue weighted by molar-refractivity contribution is 5.92. The van der Waals surface area contributed by atoms with Crippen molar-refractivity contribution in [3.05, 3.63) is 30.1 Å². The Labute approximate surface area is 79.3 Å². The minimum Gasteiger partial charge on any atom is -0.438 e. The molecule has 2 rings (SSSR count). The van der Waals surface area contributed by atoms with Gasteiger partial charge in [-0.15, -0.1) is 0 Å². The van der Waals surface area contributed by atoms with Crippen LogP contribution in [-0.2, 0) is 0 Å². The number of oxazole rings is 1. The summed E-state index contributed by atoms with van der Waals surface area (Å²) in [5.41, 5.74) is 5.50. The summed E-state index contributed by atoms with van der Waals surface area (Å²) in [6.07, 6.45) is 2.90. The third-order valence-corrected chi connectivity index (χ3v) is 1.67. The van der Waals surface area contributed by atoms with Gasteiger partial charge in [0.1, 0.15) is 11.6 Å². The topological polar surface area (TPSA) is 86.9 Å². The zero-order chi connectivity index (χ0) is 10.1. The molecule has 2 aromatic heterocycles. The van der Waals surface area contributed by atoms with Gasteiger partial charge in [0, 0.05) is 6.07 Å². The molecule has 14 heavy (non-hydrogen) atoms. The molecule has 0 radical (unpaired) electrons. The third-order valence-electron chi connectivity index (χ3n) is 1.67. The van der Waals surface area contributed by atoms with Crippen molar-refractivity contribution in [2.24, 2.45) is 0 Å². The molecule has 0 atom stereocenters. The maximum atomic E-state index is 11.6. The number of hydrogen-bond donors (Lipinski definition) is 1. The van der Waals surface area contributed by atoms with E-state index in [4.69, 9.17) is 10.2 Å². The van der Waals surface area contributed by atoms with E-state index >= 15 is 0 Å². The summed E-state index contributed by atoms with van der Waals surface area (Å²) in [5.74, 6) is 0.337. The number of carbonyl (C=O) groups is 1. The molecular formula is C8H8N4O2. The Morgan fingerprint density at radius 1 is 1.64 bits per heavy atom. The van der Waals surface area contributed by atoms with Crippen molar-refractivity contribution in [1.29, 1.82) is 0 Å². The molecule has 2 N–H and O–H groups in total. The summed E-state index contributed by atoms with van der Waals surface area (Å²) in [5, 5.41) is 3.74. The van der Waals surface area contributed by atoms with Crippen molar-refractivity contribution < 1.29 is 9.21 Å². The van der Waals surface area contributed by atoms with Crippen LogP contribution in [0.25, 0.3) is 0 Å². The van der Waals surface area contributed by atoms with Gasteiger partial charge in [-0.3, -0.25) is 4.79 Å². The summed E-state index contributed by atoms with van der Waals surface area (Å²) < 4.78 is 6.08. The predicted molar refractivity (Wildman–Crippen MR) is 47.6 cm³/mol. The zero-order valence-corrected chi connectivity index (χ0v) is 7.47. The molecule has 0 fully saturated rings. The summed E-state index contributed by atoms with van der Waals surface area (Å²) in [6, 6.07) is 1.52. The van der Waals surface area contributed by atoms with Gasteiger partial charge < -0.3 is 10.2 Å². The Balaban J connectivity index is 2.38. The van der Waals surface area contributed by atoms with E-state index in [1.165, 1.54) is 18.5 Å². The largest absolute Gasteiger partial charge is 0.438 e. The highest BCUT2D eigenvalue weighted by Crippen LogP contribution is 2.07. The van der Waals surface area contributed by atoms with Gasteiger partial charge in [0.2, 0.25) is 0 Å². The molecule has 2 heterocycles. The average molecular weight is 192 g/mol. The first-order valence-electron chi connectivity index (χ1n) is 3.95. The predicted octanol–water partition coefficient (Wildman–Crippen LogP) is 0.450. The second-order valence-electron chi connectivity index (χ2n) is 2.75. The number of rotatable bonds is 1. The first kappa shape index (κ1) is 8.49. The lowest BCUT2D eigenvalue weighted by atomic mass is 10.6. The van der Waals surface area contributed by atoms with E-state index in [1.54, 1.807) is 6.92 Å². The molecule has 0 amide bonds. The Morgan fingerprint density at radius 3 is 2.93 bits per heavy atom. The Kier molecular flexibility index (Phi) is 1.81. The zero-order valence-electron chi connectivity index (χ0n) is 7.47. The Bertz CT molecular complexity index is 471. The molecule has 6 nitrogen and oxygen atoms in total. The highest BCUT2D eigenvalue weighted by Gasteiger charge is 2.16. The number of nitrogens with zero attached hydrogens (tertiary/aromatic N) is 3. The van der Waals surface area contributed by atoms with E-state index in [9.17, 15) is 4.79 Å². The van der Waals surface area contributed by atoms with Crippen LogP contribution >= 0.6 is 0 Å². The van der Waals surface area contributed by atoms with Crippen LogP contribution in [0.1, 0.15) is 16.4 Å². The van der Waals surface area contributed by atoms with Gasteiger partial charge in [0.05, 0.1) is 12.4 Å². The molecule has 2 aromatic rings. The van der Waals surface area contributed by atoms with Crippen LogP contribution < -0.4 is 5.73 Å². The van der Waals surface area contributed by atoms with Crippen LogP contribution in [0.15, 0.2) is 22.9 Å². The van der Waals surface area contributed by atoms with Gasteiger partial charge in [0.25, 0.3) is 5.89 Å². The van der Waals surface area contributed by atoms with Crippen LogP contribution in [0.5, 0.6) is 0 Å². The van der Waals surface area contributed by atoms with Crippen molar-refractivity contribution in [2.45, 2.75) is 6.92 Å². The van der Waals surface area contributed by atoms with Crippen molar-refractivity contribution in [3.63, 3.8) is 0 Å².